The molecule has 2 aromatic carbocycles. The minimum Gasteiger partial charge on any atom is -0.484 e. The molecule has 0 bridgehead atoms. The van der Waals surface area contributed by atoms with Crippen molar-refractivity contribution in [1.82, 2.24) is 10.2 Å². The Morgan fingerprint density at radius 3 is 2.34 bits per heavy atom. The maximum absolute atomic E-state index is 12.4. The Labute approximate surface area is 209 Å². The fraction of sp³-hybridized carbons (Fsp3) is 0.269. The van der Waals surface area contributed by atoms with E-state index in [0.717, 1.165) is 30.9 Å². The van der Waals surface area contributed by atoms with E-state index in [-0.39, 0.29) is 23.5 Å². The van der Waals surface area contributed by atoms with Gasteiger partial charge >= 0.3 is 0 Å². The molecule has 35 heavy (non-hydrogen) atoms. The lowest BCUT2D eigenvalue weighted by atomic mass is 10.2. The summed E-state index contributed by atoms with van der Waals surface area (Å²) in [7, 11) is 0. The smallest absolute Gasteiger partial charge is 0.289 e. The molecule has 1 aliphatic heterocycles. The first kappa shape index (κ1) is 24.3. The first-order chi connectivity index (χ1) is 17.0. The third kappa shape index (κ3) is 6.60. The van der Waals surface area contributed by atoms with Crippen LogP contribution in [0.4, 0.5) is 11.4 Å². The van der Waals surface area contributed by atoms with Gasteiger partial charge < -0.3 is 24.3 Å². The van der Waals surface area contributed by atoms with Crippen molar-refractivity contribution in [2.75, 3.05) is 43.0 Å². The first-order valence-corrected chi connectivity index (χ1v) is 11.9. The summed E-state index contributed by atoms with van der Waals surface area (Å²) in [4.78, 5) is 28.6. The quantitative estimate of drug-likeness (QED) is 0.487. The monoisotopic (exact) mass is 492 g/mol. The number of piperazine rings is 1. The van der Waals surface area contributed by atoms with Gasteiger partial charge in [-0.2, -0.15) is 0 Å². The van der Waals surface area contributed by atoms with Gasteiger partial charge in [0.15, 0.2) is 17.5 Å². The second-order valence-electron chi connectivity index (χ2n) is 8.09. The molecule has 9 heteroatoms. The van der Waals surface area contributed by atoms with Crippen molar-refractivity contribution in [2.45, 2.75) is 13.3 Å². The summed E-state index contributed by atoms with van der Waals surface area (Å²) in [6, 6.07) is 18.8. The predicted octanol–water partition coefficient (Wildman–Crippen LogP) is 3.70. The zero-order valence-corrected chi connectivity index (χ0v) is 20.3. The number of hydrogen-bond acceptors (Lipinski definition) is 6. The largest absolute Gasteiger partial charge is 0.484 e. The molecule has 182 valence electrons. The van der Waals surface area contributed by atoms with E-state index in [1.54, 1.807) is 17.0 Å². The van der Waals surface area contributed by atoms with Gasteiger partial charge in [-0.1, -0.05) is 19.1 Å². The fourth-order valence-electron chi connectivity index (χ4n) is 3.77. The molecule has 4 rings (SSSR count). The second-order valence-corrected chi connectivity index (χ2v) is 8.50. The number of anilines is 2. The number of thiocarbonyl (C=S) groups is 1. The van der Waals surface area contributed by atoms with Crippen molar-refractivity contribution >= 4 is 40.5 Å². The van der Waals surface area contributed by atoms with Crippen LogP contribution in [-0.4, -0.2) is 54.6 Å². The molecule has 0 atom stereocenters. The minimum atomic E-state index is -0.333. The Hall–Kier alpha value is -3.85. The van der Waals surface area contributed by atoms with Crippen molar-refractivity contribution < 1.29 is 18.7 Å². The number of aryl methyl sites for hydroxylation is 1. The Morgan fingerprint density at radius 1 is 1.00 bits per heavy atom. The summed E-state index contributed by atoms with van der Waals surface area (Å²) in [5.74, 6) is 0.595. The molecule has 1 saturated heterocycles. The number of benzene rings is 2. The molecular formula is C26H28N4O4S. The zero-order chi connectivity index (χ0) is 24.6. The van der Waals surface area contributed by atoms with Crippen molar-refractivity contribution in [1.29, 1.82) is 0 Å². The van der Waals surface area contributed by atoms with Crippen LogP contribution in [0.2, 0.25) is 0 Å². The average Bonchev–Trinajstić information content (AvgIpc) is 3.43. The third-order valence-corrected chi connectivity index (χ3v) is 5.95. The van der Waals surface area contributed by atoms with Crippen LogP contribution >= 0.6 is 12.2 Å². The minimum absolute atomic E-state index is 0.0791. The molecule has 0 spiro atoms. The summed E-state index contributed by atoms with van der Waals surface area (Å²) in [5.41, 5.74) is 3.03. The SMILES string of the molecule is CCc1ccc(OCC(=O)NC(=S)Nc2ccc(N3CCN(C(=O)c4ccco4)CC3)cc2)cc1. The molecule has 0 radical (unpaired) electrons. The summed E-state index contributed by atoms with van der Waals surface area (Å²) < 4.78 is 10.7. The molecule has 2 amide bonds. The molecule has 3 aromatic rings. The number of rotatable bonds is 7. The van der Waals surface area contributed by atoms with E-state index in [1.807, 2.05) is 48.5 Å². The highest BCUT2D eigenvalue weighted by molar-refractivity contribution is 7.80. The van der Waals surface area contributed by atoms with Gasteiger partial charge in [-0.3, -0.25) is 14.9 Å². The van der Waals surface area contributed by atoms with E-state index in [1.165, 1.54) is 11.8 Å². The number of carbonyl (C=O) groups excluding carboxylic acids is 2. The zero-order valence-electron chi connectivity index (χ0n) is 19.5. The fourth-order valence-corrected chi connectivity index (χ4v) is 4.01. The predicted molar refractivity (Wildman–Crippen MR) is 139 cm³/mol. The third-order valence-electron chi connectivity index (χ3n) is 5.74. The highest BCUT2D eigenvalue weighted by Crippen LogP contribution is 2.20. The number of nitrogens with zero attached hydrogens (tertiary/aromatic N) is 2. The highest BCUT2D eigenvalue weighted by Gasteiger charge is 2.23. The summed E-state index contributed by atoms with van der Waals surface area (Å²) in [5, 5.41) is 5.85. The summed E-state index contributed by atoms with van der Waals surface area (Å²) in [6.45, 7) is 4.67. The van der Waals surface area contributed by atoms with Crippen LogP contribution in [0.15, 0.2) is 71.3 Å². The Morgan fingerprint density at radius 2 is 1.71 bits per heavy atom. The van der Waals surface area contributed by atoms with Crippen LogP contribution < -0.4 is 20.3 Å². The molecule has 0 saturated carbocycles. The molecule has 1 fully saturated rings. The van der Waals surface area contributed by atoms with Gasteiger partial charge in [-0.25, -0.2) is 0 Å². The molecule has 2 heterocycles. The van der Waals surface area contributed by atoms with Crippen molar-refractivity contribution in [2.24, 2.45) is 0 Å². The normalized spacial score (nSPS) is 13.3. The van der Waals surface area contributed by atoms with E-state index in [4.69, 9.17) is 21.4 Å². The maximum Gasteiger partial charge on any atom is 0.289 e. The summed E-state index contributed by atoms with van der Waals surface area (Å²) in [6.07, 6.45) is 2.46. The van der Waals surface area contributed by atoms with Crippen LogP contribution in [0.25, 0.3) is 0 Å². The number of amides is 2. The van der Waals surface area contributed by atoms with Gasteiger partial charge in [0.1, 0.15) is 5.75 Å². The Kier molecular flexibility index (Phi) is 7.99. The van der Waals surface area contributed by atoms with Gasteiger partial charge in [0, 0.05) is 37.6 Å². The van der Waals surface area contributed by atoms with E-state index in [0.29, 0.717) is 24.6 Å². The van der Waals surface area contributed by atoms with Crippen LogP contribution in [0.3, 0.4) is 0 Å². The number of ether oxygens (including phenoxy) is 1. The van der Waals surface area contributed by atoms with Gasteiger partial charge in [-0.15, -0.1) is 0 Å². The molecule has 2 N–H and O–H groups in total. The lowest BCUT2D eigenvalue weighted by molar-refractivity contribution is -0.121. The lowest BCUT2D eigenvalue weighted by Gasteiger charge is -2.35. The maximum atomic E-state index is 12.4. The number of furan rings is 1. The standard InChI is InChI=1S/C26H28N4O4S/c1-2-19-5-11-22(12-6-19)34-18-24(31)28-26(35)27-20-7-9-21(10-8-20)29-13-15-30(16-14-29)25(32)23-4-3-17-33-23/h3-12,17H,2,13-16,18H2,1H3,(H2,27,28,31,35). The molecule has 0 aliphatic carbocycles. The number of nitrogens with one attached hydrogen (secondary N) is 2. The van der Waals surface area contributed by atoms with E-state index >= 15 is 0 Å². The number of carbonyl (C=O) groups is 2. The average molecular weight is 493 g/mol. The van der Waals surface area contributed by atoms with Crippen LogP contribution in [-0.2, 0) is 11.2 Å². The van der Waals surface area contributed by atoms with E-state index in [2.05, 4.69) is 22.5 Å². The van der Waals surface area contributed by atoms with E-state index < -0.39 is 0 Å². The van der Waals surface area contributed by atoms with Crippen LogP contribution in [0.1, 0.15) is 23.0 Å². The van der Waals surface area contributed by atoms with Gasteiger partial charge in [0.05, 0.1) is 6.26 Å². The topological polar surface area (TPSA) is 87.0 Å². The van der Waals surface area contributed by atoms with Gasteiger partial charge in [0.25, 0.3) is 11.8 Å². The molecular weight excluding hydrogens is 464 g/mol. The van der Waals surface area contributed by atoms with Crippen molar-refractivity contribution in [3.63, 3.8) is 0 Å². The second kappa shape index (κ2) is 11.5. The van der Waals surface area contributed by atoms with Gasteiger partial charge in [-0.05, 0) is 72.7 Å². The van der Waals surface area contributed by atoms with E-state index in [9.17, 15) is 9.59 Å². The molecule has 1 aromatic heterocycles. The molecule has 1 aliphatic rings. The highest BCUT2D eigenvalue weighted by atomic mass is 32.1. The number of hydrogen-bond donors (Lipinski definition) is 2. The lowest BCUT2D eigenvalue weighted by Crippen LogP contribution is -2.48. The van der Waals surface area contributed by atoms with Crippen LogP contribution in [0, 0.1) is 0 Å². The molecule has 0 unspecified atom stereocenters. The molecule has 8 nitrogen and oxygen atoms in total. The van der Waals surface area contributed by atoms with Crippen LogP contribution in [0.5, 0.6) is 5.75 Å². The van der Waals surface area contributed by atoms with Crippen molar-refractivity contribution in [3.8, 4) is 5.75 Å². The van der Waals surface area contributed by atoms with Gasteiger partial charge in [0.2, 0.25) is 0 Å². The Bertz CT molecular complexity index is 1140. The van der Waals surface area contributed by atoms with Crippen molar-refractivity contribution in [3.05, 3.63) is 78.3 Å². The first-order valence-electron chi connectivity index (χ1n) is 11.5. The summed E-state index contributed by atoms with van der Waals surface area (Å²) >= 11 is 5.25. The Balaban J connectivity index is 1.20.